The van der Waals surface area contributed by atoms with E-state index in [2.05, 4.69) is 32.1 Å². The monoisotopic (exact) mass is 180 g/mol. The van der Waals surface area contributed by atoms with Crippen LogP contribution in [0.5, 0.6) is 0 Å². The second-order valence-electron chi connectivity index (χ2n) is 3.70. The molecule has 13 heavy (non-hydrogen) atoms. The number of rotatable bonds is 3. The van der Waals surface area contributed by atoms with Crippen LogP contribution in [0.1, 0.15) is 39.5 Å². The normalized spacial score (nSPS) is 24.5. The first kappa shape index (κ1) is 10.5. The zero-order valence-electron chi connectivity index (χ0n) is 8.75. The van der Waals surface area contributed by atoms with Gasteiger partial charge in [-0.15, -0.1) is 0 Å². The molecule has 1 nitrogen and oxygen atoms in total. The summed E-state index contributed by atoms with van der Waals surface area (Å²) < 4.78 is 5.76. The highest BCUT2D eigenvalue weighted by atomic mass is 16.5. The second-order valence-corrected chi connectivity index (χ2v) is 3.70. The van der Waals surface area contributed by atoms with Crippen LogP contribution in [0.4, 0.5) is 0 Å². The predicted molar refractivity (Wildman–Crippen MR) is 56.8 cm³/mol. The van der Waals surface area contributed by atoms with E-state index in [4.69, 9.17) is 4.74 Å². The summed E-state index contributed by atoms with van der Waals surface area (Å²) in [7, 11) is 0. The molecule has 1 atom stereocenters. The Bertz CT molecular complexity index is 191. The SMILES string of the molecule is C/C=C(\C)COC1C=CCCCC1. The first-order chi connectivity index (χ1) is 6.33. The van der Waals surface area contributed by atoms with Gasteiger partial charge in [0, 0.05) is 0 Å². The van der Waals surface area contributed by atoms with Gasteiger partial charge in [-0.3, -0.25) is 0 Å². The number of hydrogen-bond donors (Lipinski definition) is 0. The molecule has 0 N–H and O–H groups in total. The van der Waals surface area contributed by atoms with Crippen molar-refractivity contribution < 1.29 is 4.74 Å². The van der Waals surface area contributed by atoms with Gasteiger partial charge in [0.25, 0.3) is 0 Å². The van der Waals surface area contributed by atoms with E-state index in [1.165, 1.54) is 31.3 Å². The van der Waals surface area contributed by atoms with Crippen LogP contribution in [0.15, 0.2) is 23.8 Å². The van der Waals surface area contributed by atoms with Gasteiger partial charge in [0.1, 0.15) is 0 Å². The van der Waals surface area contributed by atoms with Gasteiger partial charge in [-0.1, -0.05) is 30.2 Å². The van der Waals surface area contributed by atoms with E-state index in [9.17, 15) is 0 Å². The highest BCUT2D eigenvalue weighted by Gasteiger charge is 2.07. The lowest BCUT2D eigenvalue weighted by molar-refractivity contribution is 0.0970. The van der Waals surface area contributed by atoms with E-state index in [1.807, 2.05) is 0 Å². The fraction of sp³-hybridized carbons (Fsp3) is 0.667. The predicted octanol–water partition coefficient (Wildman–Crippen LogP) is 3.47. The average Bonchev–Trinajstić information content (AvgIpc) is 2.42. The maximum absolute atomic E-state index is 5.76. The molecule has 0 aliphatic heterocycles. The largest absolute Gasteiger partial charge is 0.370 e. The first-order valence-electron chi connectivity index (χ1n) is 5.23. The van der Waals surface area contributed by atoms with Crippen molar-refractivity contribution in [2.45, 2.75) is 45.6 Å². The Morgan fingerprint density at radius 1 is 1.54 bits per heavy atom. The van der Waals surface area contributed by atoms with Gasteiger partial charge in [-0.2, -0.15) is 0 Å². The Morgan fingerprint density at radius 3 is 3.15 bits per heavy atom. The number of hydrogen-bond acceptors (Lipinski definition) is 1. The number of ether oxygens (including phenoxy) is 1. The van der Waals surface area contributed by atoms with Crippen molar-refractivity contribution in [2.75, 3.05) is 6.61 Å². The summed E-state index contributed by atoms with van der Waals surface area (Å²) in [5.41, 5.74) is 1.32. The minimum Gasteiger partial charge on any atom is -0.370 e. The lowest BCUT2D eigenvalue weighted by Crippen LogP contribution is -2.10. The van der Waals surface area contributed by atoms with E-state index < -0.39 is 0 Å². The van der Waals surface area contributed by atoms with Crippen LogP contribution >= 0.6 is 0 Å². The van der Waals surface area contributed by atoms with E-state index in [1.54, 1.807) is 0 Å². The second kappa shape index (κ2) is 5.98. The standard InChI is InChI=1S/C12H20O/c1-3-11(2)10-13-12-8-6-4-5-7-9-12/h3,6,8,12H,4-5,7,9-10H2,1-2H3/b11-3+. The van der Waals surface area contributed by atoms with Gasteiger partial charge in [0.2, 0.25) is 0 Å². The lowest BCUT2D eigenvalue weighted by Gasteiger charge is -2.12. The highest BCUT2D eigenvalue weighted by Crippen LogP contribution is 2.14. The van der Waals surface area contributed by atoms with Crippen LogP contribution in [0.3, 0.4) is 0 Å². The van der Waals surface area contributed by atoms with Gasteiger partial charge in [0.05, 0.1) is 12.7 Å². The minimum absolute atomic E-state index is 0.359. The molecule has 0 aromatic heterocycles. The van der Waals surface area contributed by atoms with Crippen molar-refractivity contribution in [3.8, 4) is 0 Å². The molecule has 0 bridgehead atoms. The summed E-state index contributed by atoms with van der Waals surface area (Å²) in [4.78, 5) is 0. The van der Waals surface area contributed by atoms with Crippen molar-refractivity contribution >= 4 is 0 Å². The molecule has 0 spiro atoms. The molecular formula is C12H20O. The third-order valence-corrected chi connectivity index (χ3v) is 2.48. The zero-order chi connectivity index (χ0) is 9.52. The molecule has 1 unspecified atom stereocenters. The third-order valence-electron chi connectivity index (χ3n) is 2.48. The fourth-order valence-electron chi connectivity index (χ4n) is 1.41. The fourth-order valence-corrected chi connectivity index (χ4v) is 1.41. The number of allylic oxidation sites excluding steroid dienone is 2. The van der Waals surface area contributed by atoms with Crippen molar-refractivity contribution in [1.82, 2.24) is 0 Å². The summed E-state index contributed by atoms with van der Waals surface area (Å²) in [5, 5.41) is 0. The summed E-state index contributed by atoms with van der Waals surface area (Å²) in [6.07, 6.45) is 12.0. The van der Waals surface area contributed by atoms with Crippen LogP contribution in [0.2, 0.25) is 0 Å². The molecule has 0 saturated heterocycles. The molecule has 0 heterocycles. The van der Waals surface area contributed by atoms with Gasteiger partial charge >= 0.3 is 0 Å². The average molecular weight is 180 g/mol. The van der Waals surface area contributed by atoms with Crippen molar-refractivity contribution in [2.24, 2.45) is 0 Å². The molecule has 0 aromatic rings. The van der Waals surface area contributed by atoms with Crippen LogP contribution < -0.4 is 0 Å². The lowest BCUT2D eigenvalue weighted by atomic mass is 10.2. The molecule has 0 saturated carbocycles. The Kier molecular flexibility index (Phi) is 4.84. The van der Waals surface area contributed by atoms with Gasteiger partial charge in [-0.25, -0.2) is 0 Å². The molecule has 1 heteroatoms. The molecule has 0 aromatic carbocycles. The van der Waals surface area contributed by atoms with Crippen molar-refractivity contribution in [3.05, 3.63) is 23.8 Å². The van der Waals surface area contributed by atoms with Crippen LogP contribution in [0.25, 0.3) is 0 Å². The molecule has 74 valence electrons. The Labute approximate surface area is 81.5 Å². The Morgan fingerprint density at radius 2 is 2.38 bits per heavy atom. The van der Waals surface area contributed by atoms with E-state index in [-0.39, 0.29) is 0 Å². The minimum atomic E-state index is 0.359. The van der Waals surface area contributed by atoms with E-state index in [0.29, 0.717) is 6.10 Å². The summed E-state index contributed by atoms with van der Waals surface area (Å²) in [6, 6.07) is 0. The molecule has 0 fully saturated rings. The van der Waals surface area contributed by atoms with Crippen LogP contribution in [0, 0.1) is 0 Å². The molecule has 1 rings (SSSR count). The zero-order valence-corrected chi connectivity index (χ0v) is 8.75. The quantitative estimate of drug-likeness (QED) is 0.604. The van der Waals surface area contributed by atoms with E-state index >= 15 is 0 Å². The smallest absolute Gasteiger partial charge is 0.0760 e. The van der Waals surface area contributed by atoms with Gasteiger partial charge in [0.15, 0.2) is 0 Å². The summed E-state index contributed by atoms with van der Waals surface area (Å²) in [5.74, 6) is 0. The van der Waals surface area contributed by atoms with Gasteiger partial charge in [-0.05, 0) is 33.1 Å². The molecule has 1 aliphatic carbocycles. The summed E-state index contributed by atoms with van der Waals surface area (Å²) in [6.45, 7) is 4.95. The third kappa shape index (κ3) is 4.28. The molecule has 1 aliphatic rings. The first-order valence-corrected chi connectivity index (χ1v) is 5.23. The van der Waals surface area contributed by atoms with Crippen LogP contribution in [-0.4, -0.2) is 12.7 Å². The Hall–Kier alpha value is -0.560. The summed E-state index contributed by atoms with van der Waals surface area (Å²) >= 11 is 0. The van der Waals surface area contributed by atoms with Crippen LogP contribution in [-0.2, 0) is 4.74 Å². The molecule has 0 amide bonds. The van der Waals surface area contributed by atoms with Crippen molar-refractivity contribution in [1.29, 1.82) is 0 Å². The maximum Gasteiger partial charge on any atom is 0.0760 e. The highest BCUT2D eigenvalue weighted by molar-refractivity contribution is 4.98. The van der Waals surface area contributed by atoms with E-state index in [0.717, 1.165) is 6.61 Å². The molecule has 0 radical (unpaired) electrons. The Balaban J connectivity index is 2.26. The topological polar surface area (TPSA) is 9.23 Å². The maximum atomic E-state index is 5.76. The van der Waals surface area contributed by atoms with Gasteiger partial charge < -0.3 is 4.74 Å². The molecular weight excluding hydrogens is 160 g/mol. The van der Waals surface area contributed by atoms with Crippen molar-refractivity contribution in [3.63, 3.8) is 0 Å².